The monoisotopic (exact) mass is 309 g/mol. The lowest BCUT2D eigenvalue weighted by molar-refractivity contribution is 0.432. The van der Waals surface area contributed by atoms with E-state index in [1.807, 2.05) is 0 Å². The van der Waals surface area contributed by atoms with Gasteiger partial charge in [-0.15, -0.1) is 0 Å². The van der Waals surface area contributed by atoms with Crippen molar-refractivity contribution in [3.63, 3.8) is 0 Å². The van der Waals surface area contributed by atoms with Crippen LogP contribution < -0.4 is 5.32 Å². The van der Waals surface area contributed by atoms with Gasteiger partial charge in [-0.05, 0) is 19.0 Å². The second kappa shape index (κ2) is 5.67. The zero-order valence-electron chi connectivity index (χ0n) is 11.4. The first-order valence-corrected chi connectivity index (χ1v) is 8.28. The van der Waals surface area contributed by atoms with Gasteiger partial charge in [0.1, 0.15) is 0 Å². The van der Waals surface area contributed by atoms with E-state index in [1.54, 1.807) is 12.1 Å². The summed E-state index contributed by atoms with van der Waals surface area (Å²) in [6.07, 6.45) is 3.26. The van der Waals surface area contributed by atoms with Gasteiger partial charge in [-0.3, -0.25) is 4.98 Å². The van der Waals surface area contributed by atoms with E-state index in [1.165, 1.54) is 16.6 Å². The van der Waals surface area contributed by atoms with Crippen LogP contribution in [0.4, 0.5) is 4.39 Å². The Balaban J connectivity index is 2.14. The Hall–Kier alpha value is -1.57. The van der Waals surface area contributed by atoms with Gasteiger partial charge in [-0.25, -0.2) is 12.8 Å². The van der Waals surface area contributed by atoms with E-state index in [2.05, 4.69) is 10.3 Å². The van der Waals surface area contributed by atoms with Gasteiger partial charge in [0.15, 0.2) is 5.82 Å². The molecule has 1 aliphatic rings. The van der Waals surface area contributed by atoms with Gasteiger partial charge in [-0.2, -0.15) is 4.31 Å². The highest BCUT2D eigenvalue weighted by molar-refractivity contribution is 7.89. The number of fused-ring (bicyclic) bond motifs is 1. The molecule has 1 aliphatic heterocycles. The summed E-state index contributed by atoms with van der Waals surface area (Å²) in [6, 6.07) is 4.74. The molecule has 0 spiro atoms. The summed E-state index contributed by atoms with van der Waals surface area (Å²) in [6.45, 7) is 2.23. The molecule has 3 rings (SSSR count). The summed E-state index contributed by atoms with van der Waals surface area (Å²) in [5.41, 5.74) is 0. The normalized spacial score (nSPS) is 17.8. The average molecular weight is 309 g/mol. The van der Waals surface area contributed by atoms with Crippen molar-refractivity contribution in [1.29, 1.82) is 0 Å². The molecule has 21 heavy (non-hydrogen) atoms. The van der Waals surface area contributed by atoms with Gasteiger partial charge in [0.05, 0.1) is 11.1 Å². The fourth-order valence-electron chi connectivity index (χ4n) is 2.57. The zero-order valence-corrected chi connectivity index (χ0v) is 12.2. The molecule has 0 bridgehead atoms. The Morgan fingerprint density at radius 3 is 2.90 bits per heavy atom. The van der Waals surface area contributed by atoms with Crippen LogP contribution in [0.25, 0.3) is 10.8 Å². The third kappa shape index (κ3) is 2.64. The van der Waals surface area contributed by atoms with Crippen LogP contribution in [0.15, 0.2) is 35.5 Å². The number of nitrogens with one attached hydrogen (secondary N) is 1. The molecule has 2 aromatic rings. The first-order valence-electron chi connectivity index (χ1n) is 6.84. The molecule has 0 radical (unpaired) electrons. The van der Waals surface area contributed by atoms with Crippen LogP contribution in [0.1, 0.15) is 6.42 Å². The molecule has 0 saturated carbocycles. The second-order valence-electron chi connectivity index (χ2n) is 4.98. The van der Waals surface area contributed by atoms with E-state index in [9.17, 15) is 12.8 Å². The number of hydrogen-bond donors (Lipinski definition) is 1. The van der Waals surface area contributed by atoms with E-state index in [0.717, 1.165) is 19.2 Å². The zero-order chi connectivity index (χ0) is 14.9. The third-order valence-corrected chi connectivity index (χ3v) is 5.56. The van der Waals surface area contributed by atoms with Crippen LogP contribution in [-0.2, 0) is 10.0 Å². The van der Waals surface area contributed by atoms with Crippen LogP contribution in [-0.4, -0.2) is 43.9 Å². The Bertz CT molecular complexity index is 751. The SMILES string of the molecule is O=S(=O)(c1cccc2cncc(F)c12)N1CCCNCC1. The fourth-order valence-corrected chi connectivity index (χ4v) is 4.28. The molecule has 7 heteroatoms. The van der Waals surface area contributed by atoms with Crippen molar-refractivity contribution in [1.82, 2.24) is 14.6 Å². The van der Waals surface area contributed by atoms with Crippen LogP contribution >= 0.6 is 0 Å². The summed E-state index contributed by atoms with van der Waals surface area (Å²) < 4.78 is 41.1. The van der Waals surface area contributed by atoms with Gasteiger partial charge in [0.2, 0.25) is 10.0 Å². The van der Waals surface area contributed by atoms with Crippen molar-refractivity contribution < 1.29 is 12.8 Å². The van der Waals surface area contributed by atoms with E-state index in [4.69, 9.17) is 0 Å². The standard InChI is InChI=1S/C14H16FN3O2S/c15-12-10-17-9-11-3-1-4-13(14(11)12)21(19,20)18-7-2-5-16-6-8-18/h1,3-4,9-10,16H,2,5-8H2. The summed E-state index contributed by atoms with van der Waals surface area (Å²) in [7, 11) is -3.71. The average Bonchev–Trinajstić information content (AvgIpc) is 2.76. The smallest absolute Gasteiger partial charge is 0.243 e. The minimum absolute atomic E-state index is 0.0156. The predicted molar refractivity (Wildman–Crippen MR) is 77.9 cm³/mol. The van der Waals surface area contributed by atoms with Gasteiger partial charge in [-0.1, -0.05) is 12.1 Å². The summed E-state index contributed by atoms with van der Waals surface area (Å²) in [5, 5.41) is 3.76. The van der Waals surface area contributed by atoms with E-state index < -0.39 is 15.8 Å². The second-order valence-corrected chi connectivity index (χ2v) is 6.89. The molecule has 1 aromatic carbocycles. The lowest BCUT2D eigenvalue weighted by Gasteiger charge is -2.20. The first kappa shape index (κ1) is 14.4. The number of aromatic nitrogens is 1. The Morgan fingerprint density at radius 1 is 1.19 bits per heavy atom. The largest absolute Gasteiger partial charge is 0.315 e. The maximum Gasteiger partial charge on any atom is 0.243 e. The van der Waals surface area contributed by atoms with Gasteiger partial charge >= 0.3 is 0 Å². The van der Waals surface area contributed by atoms with E-state index >= 15 is 0 Å². The van der Waals surface area contributed by atoms with Crippen LogP contribution in [0.3, 0.4) is 0 Å². The molecule has 1 N–H and O–H groups in total. The molecule has 1 saturated heterocycles. The molecule has 1 aromatic heterocycles. The number of nitrogens with zero attached hydrogens (tertiary/aromatic N) is 2. The highest BCUT2D eigenvalue weighted by Gasteiger charge is 2.27. The summed E-state index contributed by atoms with van der Waals surface area (Å²) in [4.78, 5) is 3.79. The molecule has 0 amide bonds. The number of sulfonamides is 1. The lowest BCUT2D eigenvalue weighted by atomic mass is 10.2. The third-order valence-electron chi connectivity index (χ3n) is 3.62. The van der Waals surface area contributed by atoms with Crippen LogP contribution in [0, 0.1) is 5.82 Å². The topological polar surface area (TPSA) is 62.3 Å². The van der Waals surface area contributed by atoms with Crippen LogP contribution in [0.5, 0.6) is 0 Å². The van der Waals surface area contributed by atoms with Crippen molar-refractivity contribution in [3.8, 4) is 0 Å². The molecule has 5 nitrogen and oxygen atoms in total. The number of hydrogen-bond acceptors (Lipinski definition) is 4. The predicted octanol–water partition coefficient (Wildman–Crippen LogP) is 1.36. The van der Waals surface area contributed by atoms with Crippen molar-refractivity contribution in [2.24, 2.45) is 0 Å². The Morgan fingerprint density at radius 2 is 2.05 bits per heavy atom. The minimum atomic E-state index is -3.71. The highest BCUT2D eigenvalue weighted by Crippen LogP contribution is 2.27. The fraction of sp³-hybridized carbons (Fsp3) is 0.357. The van der Waals surface area contributed by atoms with Crippen molar-refractivity contribution in [2.45, 2.75) is 11.3 Å². The maximum absolute atomic E-state index is 14.1. The number of rotatable bonds is 2. The molecular formula is C14H16FN3O2S. The number of halogens is 1. The van der Waals surface area contributed by atoms with Crippen molar-refractivity contribution in [2.75, 3.05) is 26.2 Å². The van der Waals surface area contributed by atoms with Gasteiger partial charge in [0.25, 0.3) is 0 Å². The molecule has 0 unspecified atom stereocenters. The van der Waals surface area contributed by atoms with E-state index in [-0.39, 0.29) is 10.3 Å². The van der Waals surface area contributed by atoms with Crippen molar-refractivity contribution >= 4 is 20.8 Å². The lowest BCUT2D eigenvalue weighted by Crippen LogP contribution is -2.34. The van der Waals surface area contributed by atoms with Gasteiger partial charge < -0.3 is 5.32 Å². The summed E-state index contributed by atoms with van der Waals surface area (Å²) in [5.74, 6) is -0.611. The Kier molecular flexibility index (Phi) is 3.88. The van der Waals surface area contributed by atoms with E-state index in [0.29, 0.717) is 25.0 Å². The summed E-state index contributed by atoms with van der Waals surface area (Å²) >= 11 is 0. The number of pyridine rings is 1. The number of benzene rings is 1. The van der Waals surface area contributed by atoms with Gasteiger partial charge in [0, 0.05) is 36.6 Å². The Labute approximate surface area is 122 Å². The molecule has 0 atom stereocenters. The molecular weight excluding hydrogens is 293 g/mol. The minimum Gasteiger partial charge on any atom is -0.315 e. The molecule has 112 valence electrons. The van der Waals surface area contributed by atoms with Crippen molar-refractivity contribution in [3.05, 3.63) is 36.4 Å². The first-order chi connectivity index (χ1) is 10.1. The maximum atomic E-state index is 14.1. The molecule has 1 fully saturated rings. The van der Waals surface area contributed by atoms with Crippen LogP contribution in [0.2, 0.25) is 0 Å². The molecule has 2 heterocycles. The highest BCUT2D eigenvalue weighted by atomic mass is 32.2. The quantitative estimate of drug-likeness (QED) is 0.910. The molecule has 0 aliphatic carbocycles.